The highest BCUT2D eigenvalue weighted by atomic mass is 35.5. The van der Waals surface area contributed by atoms with Crippen molar-refractivity contribution in [2.45, 2.75) is 57.7 Å². The second-order valence-electron chi connectivity index (χ2n) is 5.81. The van der Waals surface area contributed by atoms with Gasteiger partial charge in [0.05, 0.1) is 5.56 Å². The highest BCUT2D eigenvalue weighted by molar-refractivity contribution is 6.30. The molecule has 0 radical (unpaired) electrons. The van der Waals surface area contributed by atoms with E-state index in [0.29, 0.717) is 5.92 Å². The molecule has 1 aliphatic carbocycles. The molecule has 2 unspecified atom stereocenters. The summed E-state index contributed by atoms with van der Waals surface area (Å²) in [5.74, 6) is 0.712. The van der Waals surface area contributed by atoms with Crippen LogP contribution in [0.4, 0.5) is 18.9 Å². The number of benzene rings is 1. The number of rotatable bonds is 3. The van der Waals surface area contributed by atoms with E-state index in [-0.39, 0.29) is 16.8 Å². The molecule has 1 fully saturated rings. The summed E-state index contributed by atoms with van der Waals surface area (Å²) in [5, 5.41) is 3.20. The van der Waals surface area contributed by atoms with Crippen molar-refractivity contribution in [1.82, 2.24) is 0 Å². The van der Waals surface area contributed by atoms with E-state index in [2.05, 4.69) is 12.2 Å². The van der Waals surface area contributed by atoms with Crippen molar-refractivity contribution in [2.24, 2.45) is 5.92 Å². The highest BCUT2D eigenvalue weighted by Gasteiger charge is 2.34. The van der Waals surface area contributed by atoms with Crippen LogP contribution in [0.3, 0.4) is 0 Å². The second-order valence-corrected chi connectivity index (χ2v) is 6.25. The molecular weight excluding hydrogens is 299 g/mol. The van der Waals surface area contributed by atoms with Crippen molar-refractivity contribution in [3.8, 4) is 0 Å². The van der Waals surface area contributed by atoms with Gasteiger partial charge in [0.25, 0.3) is 0 Å². The van der Waals surface area contributed by atoms with Gasteiger partial charge in [-0.05, 0) is 43.4 Å². The maximum atomic E-state index is 13.1. The predicted molar refractivity (Wildman–Crippen MR) is 80.7 cm³/mol. The molecular formula is C16H21ClF3N. The molecule has 1 aromatic carbocycles. The monoisotopic (exact) mass is 319 g/mol. The molecule has 118 valence electrons. The molecule has 1 saturated carbocycles. The molecule has 1 nitrogen and oxygen atoms in total. The molecule has 2 atom stereocenters. The van der Waals surface area contributed by atoms with Crippen molar-refractivity contribution >= 4 is 17.3 Å². The number of alkyl halides is 3. The lowest BCUT2D eigenvalue weighted by Crippen LogP contribution is -2.21. The molecule has 21 heavy (non-hydrogen) atoms. The van der Waals surface area contributed by atoms with Crippen LogP contribution in [0.1, 0.15) is 51.0 Å². The summed E-state index contributed by atoms with van der Waals surface area (Å²) in [4.78, 5) is 0. The Bertz CT molecular complexity index is 473. The lowest BCUT2D eigenvalue weighted by molar-refractivity contribution is -0.137. The summed E-state index contributed by atoms with van der Waals surface area (Å²) in [7, 11) is 0. The van der Waals surface area contributed by atoms with Gasteiger partial charge in [-0.2, -0.15) is 13.2 Å². The summed E-state index contributed by atoms with van der Waals surface area (Å²) >= 11 is 5.70. The first-order chi connectivity index (χ1) is 9.90. The van der Waals surface area contributed by atoms with Crippen molar-refractivity contribution in [1.29, 1.82) is 0 Å². The van der Waals surface area contributed by atoms with Gasteiger partial charge in [0.2, 0.25) is 0 Å². The molecule has 1 aromatic rings. The Kier molecular flexibility index (Phi) is 5.42. The number of hydrogen-bond acceptors (Lipinski definition) is 1. The summed E-state index contributed by atoms with van der Waals surface area (Å²) in [6.45, 7) is 2.18. The summed E-state index contributed by atoms with van der Waals surface area (Å²) in [6.07, 6.45) is 1.97. The van der Waals surface area contributed by atoms with Crippen LogP contribution in [-0.4, -0.2) is 6.04 Å². The lowest BCUT2D eigenvalue weighted by Gasteiger charge is -2.21. The molecule has 0 spiro atoms. The minimum atomic E-state index is -4.39. The molecule has 1 N–H and O–H groups in total. The summed E-state index contributed by atoms with van der Waals surface area (Å²) in [6, 6.07) is 4.05. The lowest BCUT2D eigenvalue weighted by atomic mass is 9.98. The van der Waals surface area contributed by atoms with Gasteiger partial charge in [-0.1, -0.05) is 37.8 Å². The molecule has 2 rings (SSSR count). The van der Waals surface area contributed by atoms with Crippen LogP contribution in [0.15, 0.2) is 18.2 Å². The third-order valence-electron chi connectivity index (χ3n) is 4.31. The molecule has 0 saturated heterocycles. The quantitative estimate of drug-likeness (QED) is 0.661. The second kappa shape index (κ2) is 6.91. The van der Waals surface area contributed by atoms with Crippen LogP contribution in [0.5, 0.6) is 0 Å². The fourth-order valence-electron chi connectivity index (χ4n) is 3.03. The van der Waals surface area contributed by atoms with Crippen molar-refractivity contribution in [2.75, 3.05) is 5.32 Å². The van der Waals surface area contributed by atoms with Gasteiger partial charge in [-0.3, -0.25) is 0 Å². The smallest absolute Gasteiger partial charge is 0.382 e. The minimum Gasteiger partial charge on any atom is -0.382 e. The molecule has 0 aromatic heterocycles. The average molecular weight is 320 g/mol. The van der Waals surface area contributed by atoms with Crippen LogP contribution < -0.4 is 5.32 Å². The van der Waals surface area contributed by atoms with E-state index in [1.54, 1.807) is 0 Å². The van der Waals surface area contributed by atoms with Crippen LogP contribution in [0.25, 0.3) is 0 Å². The van der Waals surface area contributed by atoms with E-state index in [4.69, 9.17) is 11.6 Å². The average Bonchev–Trinajstić information content (AvgIpc) is 2.65. The molecule has 0 amide bonds. The number of hydrogen-bond donors (Lipinski definition) is 1. The van der Waals surface area contributed by atoms with E-state index < -0.39 is 11.7 Å². The third-order valence-corrected chi connectivity index (χ3v) is 4.55. The van der Waals surface area contributed by atoms with Gasteiger partial charge in [-0.25, -0.2) is 0 Å². The zero-order valence-electron chi connectivity index (χ0n) is 12.1. The third kappa shape index (κ3) is 4.53. The number of nitrogens with one attached hydrogen (secondary N) is 1. The van der Waals surface area contributed by atoms with E-state index in [0.717, 1.165) is 38.2 Å². The van der Waals surface area contributed by atoms with Crippen LogP contribution in [0.2, 0.25) is 5.02 Å². The zero-order chi connectivity index (χ0) is 15.5. The first-order valence-electron chi connectivity index (χ1n) is 7.53. The SMILES string of the molecule is CCC1CCCC(Nc2ccc(Cl)cc2C(F)(F)F)CC1. The fraction of sp³-hybridized carbons (Fsp3) is 0.625. The molecule has 0 heterocycles. The first-order valence-corrected chi connectivity index (χ1v) is 7.91. The van der Waals surface area contributed by atoms with E-state index in [1.807, 2.05) is 0 Å². The number of halogens is 4. The Labute approximate surface area is 128 Å². The number of anilines is 1. The minimum absolute atomic E-state index is 0.111. The van der Waals surface area contributed by atoms with Gasteiger partial charge < -0.3 is 5.32 Å². The van der Waals surface area contributed by atoms with Gasteiger partial charge >= 0.3 is 6.18 Å². The van der Waals surface area contributed by atoms with Crippen LogP contribution in [-0.2, 0) is 6.18 Å². The van der Waals surface area contributed by atoms with Gasteiger partial charge in [0.1, 0.15) is 0 Å². The molecule has 0 aliphatic heterocycles. The highest BCUT2D eigenvalue weighted by Crippen LogP contribution is 2.37. The maximum Gasteiger partial charge on any atom is 0.418 e. The Hall–Kier alpha value is -0.900. The van der Waals surface area contributed by atoms with Crippen molar-refractivity contribution in [3.63, 3.8) is 0 Å². The Morgan fingerprint density at radius 3 is 2.62 bits per heavy atom. The molecule has 0 bridgehead atoms. The first kappa shape index (κ1) is 16.5. The summed E-state index contributed by atoms with van der Waals surface area (Å²) in [5.41, 5.74) is -0.530. The Morgan fingerprint density at radius 2 is 1.95 bits per heavy atom. The van der Waals surface area contributed by atoms with Crippen LogP contribution in [0, 0.1) is 5.92 Å². The maximum absolute atomic E-state index is 13.1. The standard InChI is InChI=1S/C16H21ClF3N/c1-2-11-4-3-5-13(8-6-11)21-15-9-7-12(17)10-14(15)16(18,19)20/h7,9-11,13,21H,2-6,8H2,1H3. The summed E-state index contributed by atoms with van der Waals surface area (Å²) < 4.78 is 39.2. The van der Waals surface area contributed by atoms with Gasteiger partial charge in [0, 0.05) is 16.8 Å². The largest absolute Gasteiger partial charge is 0.418 e. The Balaban J connectivity index is 2.12. The van der Waals surface area contributed by atoms with Gasteiger partial charge in [-0.15, -0.1) is 0 Å². The Morgan fingerprint density at radius 1 is 1.19 bits per heavy atom. The van der Waals surface area contributed by atoms with E-state index in [1.165, 1.54) is 18.6 Å². The van der Waals surface area contributed by atoms with Crippen LogP contribution >= 0.6 is 11.6 Å². The van der Waals surface area contributed by atoms with E-state index in [9.17, 15) is 13.2 Å². The van der Waals surface area contributed by atoms with E-state index >= 15 is 0 Å². The molecule has 5 heteroatoms. The normalized spacial score (nSPS) is 23.7. The zero-order valence-corrected chi connectivity index (χ0v) is 12.9. The predicted octanol–water partition coefficient (Wildman–Crippen LogP) is 6.13. The topological polar surface area (TPSA) is 12.0 Å². The fourth-order valence-corrected chi connectivity index (χ4v) is 3.20. The van der Waals surface area contributed by atoms with Crippen molar-refractivity contribution < 1.29 is 13.2 Å². The van der Waals surface area contributed by atoms with Gasteiger partial charge in [0.15, 0.2) is 0 Å². The molecule has 1 aliphatic rings. The van der Waals surface area contributed by atoms with Crippen molar-refractivity contribution in [3.05, 3.63) is 28.8 Å².